The molecule has 3 heterocycles. The third-order valence-electron chi connectivity index (χ3n) is 6.91. The van der Waals surface area contributed by atoms with Gasteiger partial charge in [-0.1, -0.05) is 12.1 Å². The molecule has 4 aromatic rings. The SMILES string of the molecule is Cc1cc2c(OC[C@@H](O)CN3CC[C@@H](c4ccc5occ(C)c5c4)C[C@@H]3C)cccc2[nH]1. The van der Waals surface area contributed by atoms with E-state index in [0.717, 1.165) is 47.3 Å². The van der Waals surface area contributed by atoms with E-state index >= 15 is 0 Å². The second-order valence-corrected chi connectivity index (χ2v) is 9.37. The largest absolute Gasteiger partial charge is 0.490 e. The molecule has 1 aliphatic heterocycles. The fourth-order valence-electron chi connectivity index (χ4n) is 5.12. The van der Waals surface area contributed by atoms with Crippen LogP contribution in [0.15, 0.2) is 53.1 Å². The van der Waals surface area contributed by atoms with Gasteiger partial charge in [-0.25, -0.2) is 0 Å². The van der Waals surface area contributed by atoms with Gasteiger partial charge in [-0.3, -0.25) is 4.90 Å². The molecule has 1 fully saturated rings. The Morgan fingerprint density at radius 2 is 2.06 bits per heavy atom. The van der Waals surface area contributed by atoms with E-state index in [4.69, 9.17) is 9.15 Å². The van der Waals surface area contributed by atoms with Crippen LogP contribution in [0.2, 0.25) is 0 Å². The smallest absolute Gasteiger partial charge is 0.134 e. The molecule has 0 aliphatic carbocycles. The third kappa shape index (κ3) is 4.15. The Morgan fingerprint density at radius 1 is 1.19 bits per heavy atom. The summed E-state index contributed by atoms with van der Waals surface area (Å²) in [6.45, 7) is 8.32. The predicted molar refractivity (Wildman–Crippen MR) is 128 cm³/mol. The number of ether oxygens (including phenoxy) is 1. The number of hydrogen-bond acceptors (Lipinski definition) is 4. The lowest BCUT2D eigenvalue weighted by atomic mass is 9.85. The van der Waals surface area contributed by atoms with Crippen molar-refractivity contribution in [2.75, 3.05) is 19.7 Å². The topological polar surface area (TPSA) is 61.6 Å². The number of fused-ring (bicyclic) bond motifs is 2. The van der Waals surface area contributed by atoms with Crippen LogP contribution in [0.25, 0.3) is 21.9 Å². The summed E-state index contributed by atoms with van der Waals surface area (Å²) in [5.41, 5.74) is 5.72. The number of H-pyrrole nitrogens is 1. The number of hydrogen-bond donors (Lipinski definition) is 2. The van der Waals surface area contributed by atoms with Gasteiger partial charge in [0.05, 0.1) is 6.26 Å². The normalized spacial score (nSPS) is 20.8. The van der Waals surface area contributed by atoms with E-state index in [9.17, 15) is 5.11 Å². The molecule has 0 amide bonds. The highest BCUT2D eigenvalue weighted by molar-refractivity contribution is 5.86. The number of piperidine rings is 1. The van der Waals surface area contributed by atoms with E-state index in [0.29, 0.717) is 25.1 Å². The van der Waals surface area contributed by atoms with Crippen LogP contribution in [0.4, 0.5) is 0 Å². The van der Waals surface area contributed by atoms with Gasteiger partial charge in [0.15, 0.2) is 0 Å². The molecule has 2 N–H and O–H groups in total. The number of likely N-dealkylation sites (tertiary alicyclic amines) is 1. The predicted octanol–water partition coefficient (Wildman–Crippen LogP) is 5.54. The fourth-order valence-corrected chi connectivity index (χ4v) is 5.12. The number of aromatic amines is 1. The summed E-state index contributed by atoms with van der Waals surface area (Å²) in [6.07, 6.45) is 3.51. The minimum Gasteiger partial charge on any atom is -0.490 e. The van der Waals surface area contributed by atoms with Gasteiger partial charge in [-0.15, -0.1) is 0 Å². The average Bonchev–Trinajstić information content (AvgIpc) is 3.35. The summed E-state index contributed by atoms with van der Waals surface area (Å²) in [4.78, 5) is 5.73. The van der Waals surface area contributed by atoms with Crippen molar-refractivity contribution in [3.05, 3.63) is 65.5 Å². The lowest BCUT2D eigenvalue weighted by molar-refractivity contribution is 0.0406. The summed E-state index contributed by atoms with van der Waals surface area (Å²) in [7, 11) is 0. The van der Waals surface area contributed by atoms with Gasteiger partial charge < -0.3 is 19.2 Å². The molecule has 5 heteroatoms. The van der Waals surface area contributed by atoms with E-state index in [2.05, 4.69) is 48.0 Å². The Morgan fingerprint density at radius 3 is 2.91 bits per heavy atom. The van der Waals surface area contributed by atoms with Crippen LogP contribution >= 0.6 is 0 Å². The molecule has 3 atom stereocenters. The first-order chi connectivity index (χ1) is 15.5. The van der Waals surface area contributed by atoms with Gasteiger partial charge in [-0.2, -0.15) is 0 Å². The van der Waals surface area contributed by atoms with Crippen molar-refractivity contribution in [1.29, 1.82) is 0 Å². The zero-order chi connectivity index (χ0) is 22.2. The summed E-state index contributed by atoms with van der Waals surface area (Å²) in [5.74, 6) is 1.37. The highest BCUT2D eigenvalue weighted by atomic mass is 16.5. The molecule has 2 aromatic carbocycles. The Kier molecular flexibility index (Phi) is 5.70. The molecule has 0 spiro atoms. The van der Waals surface area contributed by atoms with Crippen molar-refractivity contribution in [3.8, 4) is 5.75 Å². The first kappa shape index (κ1) is 21.1. The molecule has 168 valence electrons. The molecule has 0 radical (unpaired) electrons. The molecular formula is C27H32N2O3. The van der Waals surface area contributed by atoms with Crippen molar-refractivity contribution in [1.82, 2.24) is 9.88 Å². The zero-order valence-electron chi connectivity index (χ0n) is 19.1. The number of aryl methyl sites for hydroxylation is 2. The van der Waals surface area contributed by atoms with Crippen LogP contribution in [0.5, 0.6) is 5.75 Å². The Bertz CT molecular complexity index is 1220. The van der Waals surface area contributed by atoms with E-state index in [1.807, 2.05) is 31.4 Å². The van der Waals surface area contributed by atoms with Crippen LogP contribution in [0.1, 0.15) is 42.5 Å². The van der Waals surface area contributed by atoms with Crippen molar-refractivity contribution in [2.45, 2.75) is 51.7 Å². The minimum absolute atomic E-state index is 0.298. The lowest BCUT2D eigenvalue weighted by Crippen LogP contribution is -2.45. The van der Waals surface area contributed by atoms with Crippen LogP contribution in [0.3, 0.4) is 0 Å². The second-order valence-electron chi connectivity index (χ2n) is 9.37. The van der Waals surface area contributed by atoms with E-state index in [-0.39, 0.29) is 0 Å². The maximum absolute atomic E-state index is 10.7. The van der Waals surface area contributed by atoms with E-state index in [1.54, 1.807) is 0 Å². The summed E-state index contributed by atoms with van der Waals surface area (Å²) >= 11 is 0. The number of furan rings is 1. The quantitative estimate of drug-likeness (QED) is 0.420. The molecule has 0 unspecified atom stereocenters. The lowest BCUT2D eigenvalue weighted by Gasteiger charge is -2.38. The Hall–Kier alpha value is -2.76. The summed E-state index contributed by atoms with van der Waals surface area (Å²) < 4.78 is 11.6. The Labute approximate surface area is 189 Å². The second kappa shape index (κ2) is 8.64. The van der Waals surface area contributed by atoms with Gasteiger partial charge in [0, 0.05) is 34.6 Å². The first-order valence-corrected chi connectivity index (χ1v) is 11.6. The molecule has 32 heavy (non-hydrogen) atoms. The number of nitrogens with zero attached hydrogens (tertiary/aromatic N) is 1. The summed E-state index contributed by atoms with van der Waals surface area (Å²) in [5, 5.41) is 13.0. The van der Waals surface area contributed by atoms with Gasteiger partial charge in [-0.05, 0) is 87.5 Å². The number of aliphatic hydroxyl groups is 1. The molecule has 5 nitrogen and oxygen atoms in total. The first-order valence-electron chi connectivity index (χ1n) is 11.6. The van der Waals surface area contributed by atoms with Crippen LogP contribution in [0, 0.1) is 13.8 Å². The third-order valence-corrected chi connectivity index (χ3v) is 6.91. The van der Waals surface area contributed by atoms with Crippen molar-refractivity contribution < 1.29 is 14.3 Å². The van der Waals surface area contributed by atoms with E-state index < -0.39 is 6.10 Å². The molecular weight excluding hydrogens is 400 g/mol. The van der Waals surface area contributed by atoms with Gasteiger partial charge in [0.1, 0.15) is 24.0 Å². The number of aliphatic hydroxyl groups excluding tert-OH is 1. The number of nitrogens with one attached hydrogen (secondary N) is 1. The van der Waals surface area contributed by atoms with Crippen LogP contribution in [-0.4, -0.2) is 46.8 Å². The molecule has 0 bridgehead atoms. The highest BCUT2D eigenvalue weighted by Gasteiger charge is 2.28. The zero-order valence-corrected chi connectivity index (χ0v) is 19.1. The molecule has 2 aromatic heterocycles. The Balaban J connectivity index is 1.18. The number of β-amino-alcohol motifs (C(OH)–C–C–N with tert-alkyl or cyclic N) is 1. The van der Waals surface area contributed by atoms with Crippen molar-refractivity contribution >= 4 is 21.9 Å². The van der Waals surface area contributed by atoms with Crippen LogP contribution in [-0.2, 0) is 0 Å². The molecule has 1 saturated heterocycles. The highest BCUT2D eigenvalue weighted by Crippen LogP contribution is 2.34. The van der Waals surface area contributed by atoms with Crippen molar-refractivity contribution in [3.63, 3.8) is 0 Å². The number of benzene rings is 2. The maximum atomic E-state index is 10.7. The minimum atomic E-state index is -0.519. The fraction of sp³-hybridized carbons (Fsp3) is 0.407. The van der Waals surface area contributed by atoms with Gasteiger partial charge in [0.2, 0.25) is 0 Å². The van der Waals surface area contributed by atoms with Crippen LogP contribution < -0.4 is 4.74 Å². The monoisotopic (exact) mass is 432 g/mol. The summed E-state index contributed by atoms with van der Waals surface area (Å²) in [6, 6.07) is 15.1. The maximum Gasteiger partial charge on any atom is 0.134 e. The number of aromatic nitrogens is 1. The van der Waals surface area contributed by atoms with E-state index in [1.165, 1.54) is 16.5 Å². The van der Waals surface area contributed by atoms with Crippen molar-refractivity contribution in [2.24, 2.45) is 0 Å². The van der Waals surface area contributed by atoms with Gasteiger partial charge >= 0.3 is 0 Å². The molecule has 1 aliphatic rings. The molecule has 5 rings (SSSR count). The standard InChI is InChI=1S/C27H32N2O3/c1-17-15-31-27-8-7-20(13-23(17)27)21-9-10-29(19(3)12-21)14-22(30)16-32-26-6-4-5-25-24(26)11-18(2)28-25/h4-8,11,13,15,19,21-22,28,30H,9-10,12,14,16H2,1-3H3/t19-,21+,22-/m0/s1. The number of rotatable bonds is 6. The van der Waals surface area contributed by atoms with Gasteiger partial charge in [0.25, 0.3) is 0 Å². The average molecular weight is 433 g/mol. The molecule has 0 saturated carbocycles.